The first kappa shape index (κ1) is 23.0. The minimum atomic E-state index is -0.498. The van der Waals surface area contributed by atoms with E-state index in [0.29, 0.717) is 12.2 Å². The van der Waals surface area contributed by atoms with E-state index in [-0.39, 0.29) is 40.5 Å². The van der Waals surface area contributed by atoms with Crippen molar-refractivity contribution in [1.82, 2.24) is 14.9 Å². The van der Waals surface area contributed by atoms with Gasteiger partial charge in [0.05, 0.1) is 11.3 Å². The zero-order valence-electron chi connectivity index (χ0n) is 18.9. The van der Waals surface area contributed by atoms with Gasteiger partial charge in [0.1, 0.15) is 11.6 Å². The molecule has 0 saturated heterocycles. The highest BCUT2D eigenvalue weighted by Gasteiger charge is 2.25. The summed E-state index contributed by atoms with van der Waals surface area (Å²) in [6, 6.07) is 21.4. The topological polar surface area (TPSA) is 58.1 Å². The van der Waals surface area contributed by atoms with Crippen LogP contribution in [0.25, 0.3) is 11.3 Å². The molecule has 0 atom stereocenters. The summed E-state index contributed by atoms with van der Waals surface area (Å²) in [5.74, 6) is -1.00. The van der Waals surface area contributed by atoms with Crippen molar-refractivity contribution in [3.8, 4) is 11.3 Å². The van der Waals surface area contributed by atoms with Gasteiger partial charge in [0.15, 0.2) is 0 Å². The van der Waals surface area contributed by atoms with Crippen molar-refractivity contribution in [3.05, 3.63) is 108 Å². The number of anilines is 2. The molecule has 0 radical (unpaired) electrons. The smallest absolute Gasteiger partial charge is 0.258 e. The van der Waals surface area contributed by atoms with Crippen LogP contribution in [0.15, 0.2) is 85.1 Å². The number of rotatable bonds is 7. The lowest BCUT2D eigenvalue weighted by Crippen LogP contribution is -2.37. The zero-order chi connectivity index (χ0) is 24.1. The normalized spacial score (nSPS) is 10.9. The van der Waals surface area contributed by atoms with E-state index in [1.54, 1.807) is 35.2 Å². The average Bonchev–Trinajstić information content (AvgIpc) is 2.84. The van der Waals surface area contributed by atoms with Crippen LogP contribution in [0, 0.1) is 11.6 Å². The number of hydrogen-bond donors (Lipinski definition) is 1. The molecule has 0 aliphatic heterocycles. The number of nitrogens with zero attached hydrogens (tertiary/aromatic N) is 3. The lowest BCUT2D eigenvalue weighted by atomic mass is 10.0. The molecule has 34 heavy (non-hydrogen) atoms. The summed E-state index contributed by atoms with van der Waals surface area (Å²) in [4.78, 5) is 24.1. The Morgan fingerprint density at radius 3 is 2.29 bits per heavy atom. The number of benzene rings is 3. The standard InChI is InChI=1S/C27H24F2N4O/c1-18(2)33(17-19-8-4-3-5-9-19)26(34)23-16-30-27(31-21-14-12-20(28)13-15-21)32-25(23)22-10-6-7-11-24(22)29/h3-16,18H,17H2,1-2H3,(H,30,31,32). The molecule has 0 aliphatic carbocycles. The van der Waals surface area contributed by atoms with E-state index in [1.165, 1.54) is 24.4 Å². The van der Waals surface area contributed by atoms with Gasteiger partial charge in [-0.15, -0.1) is 0 Å². The van der Waals surface area contributed by atoms with Crippen molar-refractivity contribution in [2.45, 2.75) is 26.4 Å². The molecular formula is C27H24F2N4O. The number of amides is 1. The summed E-state index contributed by atoms with van der Waals surface area (Å²) in [5, 5.41) is 2.98. The van der Waals surface area contributed by atoms with E-state index >= 15 is 0 Å². The molecule has 7 heteroatoms. The molecule has 0 aliphatic rings. The fourth-order valence-electron chi connectivity index (χ4n) is 3.54. The summed E-state index contributed by atoms with van der Waals surface area (Å²) < 4.78 is 28.0. The largest absolute Gasteiger partial charge is 0.332 e. The molecule has 4 aromatic rings. The minimum absolute atomic E-state index is 0.113. The van der Waals surface area contributed by atoms with Crippen LogP contribution in [0.1, 0.15) is 29.8 Å². The van der Waals surface area contributed by atoms with Crippen LogP contribution < -0.4 is 5.32 Å². The van der Waals surface area contributed by atoms with Gasteiger partial charge in [0.25, 0.3) is 5.91 Å². The maximum Gasteiger partial charge on any atom is 0.258 e. The van der Waals surface area contributed by atoms with Crippen LogP contribution in [0.4, 0.5) is 20.4 Å². The molecule has 4 rings (SSSR count). The zero-order valence-corrected chi connectivity index (χ0v) is 18.9. The number of carbonyl (C=O) groups is 1. The first-order valence-corrected chi connectivity index (χ1v) is 10.9. The highest BCUT2D eigenvalue weighted by molar-refractivity contribution is 6.00. The van der Waals surface area contributed by atoms with Crippen molar-refractivity contribution in [2.24, 2.45) is 0 Å². The predicted molar refractivity (Wildman–Crippen MR) is 129 cm³/mol. The summed E-state index contributed by atoms with van der Waals surface area (Å²) >= 11 is 0. The van der Waals surface area contributed by atoms with Gasteiger partial charge in [-0.25, -0.2) is 18.7 Å². The van der Waals surface area contributed by atoms with Crippen molar-refractivity contribution in [1.29, 1.82) is 0 Å². The number of carbonyl (C=O) groups excluding carboxylic acids is 1. The summed E-state index contributed by atoms with van der Waals surface area (Å²) in [6.45, 7) is 4.24. The second-order valence-corrected chi connectivity index (χ2v) is 8.08. The third-order valence-corrected chi connectivity index (χ3v) is 5.33. The second-order valence-electron chi connectivity index (χ2n) is 8.08. The highest BCUT2D eigenvalue weighted by Crippen LogP contribution is 2.28. The second kappa shape index (κ2) is 10.2. The first-order valence-electron chi connectivity index (χ1n) is 10.9. The Kier molecular flexibility index (Phi) is 6.92. The van der Waals surface area contributed by atoms with E-state index in [0.717, 1.165) is 5.56 Å². The maximum atomic E-state index is 14.8. The Bertz CT molecular complexity index is 1280. The third-order valence-electron chi connectivity index (χ3n) is 5.33. The molecule has 5 nitrogen and oxygen atoms in total. The Balaban J connectivity index is 1.75. The first-order chi connectivity index (χ1) is 16.4. The van der Waals surface area contributed by atoms with Gasteiger partial charge in [0, 0.05) is 30.0 Å². The van der Waals surface area contributed by atoms with Crippen LogP contribution in [-0.2, 0) is 6.54 Å². The van der Waals surface area contributed by atoms with Crippen molar-refractivity contribution in [2.75, 3.05) is 5.32 Å². The average molecular weight is 459 g/mol. The number of aromatic nitrogens is 2. The highest BCUT2D eigenvalue weighted by atomic mass is 19.1. The summed E-state index contributed by atoms with van der Waals surface area (Å²) in [7, 11) is 0. The summed E-state index contributed by atoms with van der Waals surface area (Å²) in [5.41, 5.74) is 2.11. The van der Waals surface area contributed by atoms with Gasteiger partial charge < -0.3 is 10.2 Å². The predicted octanol–water partition coefficient (Wildman–Crippen LogP) is 6.22. The molecule has 0 unspecified atom stereocenters. The lowest BCUT2D eigenvalue weighted by Gasteiger charge is -2.27. The van der Waals surface area contributed by atoms with Crippen LogP contribution in [-0.4, -0.2) is 26.8 Å². The van der Waals surface area contributed by atoms with E-state index in [4.69, 9.17) is 0 Å². The van der Waals surface area contributed by atoms with Gasteiger partial charge in [-0.1, -0.05) is 42.5 Å². The Hall–Kier alpha value is -4.13. The van der Waals surface area contributed by atoms with Gasteiger partial charge in [-0.2, -0.15) is 0 Å². The molecule has 1 amide bonds. The third kappa shape index (κ3) is 5.26. The molecule has 0 bridgehead atoms. The van der Waals surface area contributed by atoms with E-state index < -0.39 is 5.82 Å². The maximum absolute atomic E-state index is 14.8. The fourth-order valence-corrected chi connectivity index (χ4v) is 3.54. The number of hydrogen-bond acceptors (Lipinski definition) is 4. The van der Waals surface area contributed by atoms with Crippen LogP contribution >= 0.6 is 0 Å². The minimum Gasteiger partial charge on any atom is -0.332 e. The molecule has 0 saturated carbocycles. The summed E-state index contributed by atoms with van der Waals surface area (Å²) in [6.07, 6.45) is 1.41. The van der Waals surface area contributed by atoms with Crippen molar-refractivity contribution >= 4 is 17.5 Å². The van der Waals surface area contributed by atoms with Crippen LogP contribution in [0.5, 0.6) is 0 Å². The molecular weight excluding hydrogens is 434 g/mol. The van der Waals surface area contributed by atoms with Crippen molar-refractivity contribution in [3.63, 3.8) is 0 Å². The number of nitrogens with one attached hydrogen (secondary N) is 1. The van der Waals surface area contributed by atoms with E-state index in [1.807, 2.05) is 44.2 Å². The Morgan fingerprint density at radius 2 is 1.62 bits per heavy atom. The Morgan fingerprint density at radius 1 is 0.941 bits per heavy atom. The number of halogens is 2. The van der Waals surface area contributed by atoms with Gasteiger partial charge >= 0.3 is 0 Å². The Labute approximate surface area is 197 Å². The lowest BCUT2D eigenvalue weighted by molar-refractivity contribution is 0.0690. The van der Waals surface area contributed by atoms with Gasteiger partial charge in [-0.3, -0.25) is 4.79 Å². The van der Waals surface area contributed by atoms with Crippen LogP contribution in [0.3, 0.4) is 0 Å². The molecule has 1 aromatic heterocycles. The fraction of sp³-hybridized carbons (Fsp3) is 0.148. The molecule has 1 heterocycles. The monoisotopic (exact) mass is 458 g/mol. The molecule has 0 spiro atoms. The van der Waals surface area contributed by atoms with E-state index in [2.05, 4.69) is 15.3 Å². The van der Waals surface area contributed by atoms with Crippen LogP contribution in [0.2, 0.25) is 0 Å². The SMILES string of the molecule is CC(C)N(Cc1ccccc1)C(=O)c1cnc(Nc2ccc(F)cc2)nc1-c1ccccc1F. The van der Waals surface area contributed by atoms with E-state index in [9.17, 15) is 13.6 Å². The van der Waals surface area contributed by atoms with Gasteiger partial charge in [0.2, 0.25) is 5.95 Å². The quantitative estimate of drug-likeness (QED) is 0.357. The molecule has 1 N–H and O–H groups in total. The molecule has 3 aromatic carbocycles. The molecule has 172 valence electrons. The van der Waals surface area contributed by atoms with Crippen molar-refractivity contribution < 1.29 is 13.6 Å². The molecule has 0 fully saturated rings. The van der Waals surface area contributed by atoms with Gasteiger partial charge in [-0.05, 0) is 55.8 Å².